The lowest BCUT2D eigenvalue weighted by Gasteiger charge is -2.16. The molecule has 0 heterocycles. The number of rotatable bonds is 6. The minimum atomic E-state index is -4.66. The summed E-state index contributed by atoms with van der Waals surface area (Å²) in [5.41, 5.74) is -0.251. The van der Waals surface area contributed by atoms with Crippen molar-refractivity contribution in [3.8, 4) is 0 Å². The molecule has 4 nitrogen and oxygen atoms in total. The van der Waals surface area contributed by atoms with Crippen LogP contribution in [0.15, 0.2) is 23.1 Å². The third-order valence-corrected chi connectivity index (χ3v) is 3.79. The fourth-order valence-corrected chi connectivity index (χ4v) is 2.54. The number of alkyl halides is 4. The summed E-state index contributed by atoms with van der Waals surface area (Å²) in [7, 11) is -4.66. The van der Waals surface area contributed by atoms with Crippen LogP contribution in [-0.4, -0.2) is 32.4 Å². The van der Waals surface area contributed by atoms with E-state index in [9.17, 15) is 30.4 Å². The molecular weight excluding hydrogens is 309 g/mol. The molecule has 0 aliphatic heterocycles. The van der Waals surface area contributed by atoms with E-state index in [0.29, 0.717) is 6.07 Å². The first-order valence-electron chi connectivity index (χ1n) is 5.15. The van der Waals surface area contributed by atoms with Crippen LogP contribution < -0.4 is 4.72 Å². The minimum Gasteiger partial charge on any atom is -0.392 e. The molecule has 0 spiro atoms. The second kappa shape index (κ2) is 6.02. The van der Waals surface area contributed by atoms with Crippen LogP contribution in [0.1, 0.15) is 5.56 Å². The summed E-state index contributed by atoms with van der Waals surface area (Å²) in [6.45, 7) is -2.63. The fourth-order valence-electron chi connectivity index (χ4n) is 1.26. The van der Waals surface area contributed by atoms with Crippen molar-refractivity contribution < 1.29 is 35.5 Å². The van der Waals surface area contributed by atoms with Gasteiger partial charge in [0.15, 0.2) is 0 Å². The van der Waals surface area contributed by atoms with Crippen molar-refractivity contribution in [1.82, 2.24) is 4.72 Å². The van der Waals surface area contributed by atoms with Crippen molar-refractivity contribution in [3.63, 3.8) is 0 Å². The quantitative estimate of drug-likeness (QED) is 0.781. The first-order chi connectivity index (χ1) is 9.10. The number of sulfonamides is 1. The Morgan fingerprint density at radius 3 is 2.40 bits per heavy atom. The van der Waals surface area contributed by atoms with Gasteiger partial charge in [-0.3, -0.25) is 0 Å². The van der Waals surface area contributed by atoms with Gasteiger partial charge in [0.2, 0.25) is 10.0 Å². The van der Waals surface area contributed by atoms with Crippen LogP contribution in [0.4, 0.5) is 22.0 Å². The lowest BCUT2D eigenvalue weighted by Crippen LogP contribution is -2.41. The normalized spacial score (nSPS) is 12.9. The number of nitrogens with one attached hydrogen (secondary N) is 1. The van der Waals surface area contributed by atoms with Crippen LogP contribution in [0.3, 0.4) is 0 Å². The molecular formula is C10H10F5NO3S. The number of halogens is 5. The predicted molar refractivity (Wildman–Crippen MR) is 58.5 cm³/mol. The lowest BCUT2D eigenvalue weighted by molar-refractivity contribution is -0.122. The second-order valence-corrected chi connectivity index (χ2v) is 5.53. The SMILES string of the molecule is O=S(=O)(NCC(F)(F)C(F)F)c1cc(F)ccc1CO. The Hall–Kier alpha value is -1.26. The molecule has 0 saturated heterocycles. The third-order valence-electron chi connectivity index (χ3n) is 2.31. The molecule has 0 radical (unpaired) electrons. The second-order valence-electron chi connectivity index (χ2n) is 3.80. The molecule has 0 fully saturated rings. The topological polar surface area (TPSA) is 66.4 Å². The largest absolute Gasteiger partial charge is 0.392 e. The first-order valence-corrected chi connectivity index (χ1v) is 6.63. The van der Waals surface area contributed by atoms with Gasteiger partial charge >= 0.3 is 12.3 Å². The molecule has 0 aromatic heterocycles. The van der Waals surface area contributed by atoms with Crippen LogP contribution in [-0.2, 0) is 16.6 Å². The summed E-state index contributed by atoms with van der Waals surface area (Å²) in [5, 5.41) is 8.91. The monoisotopic (exact) mass is 319 g/mol. The van der Waals surface area contributed by atoms with E-state index in [4.69, 9.17) is 5.11 Å². The Morgan fingerprint density at radius 1 is 1.30 bits per heavy atom. The summed E-state index contributed by atoms with van der Waals surface area (Å²) in [6, 6.07) is 2.29. The number of hydrogen-bond acceptors (Lipinski definition) is 3. The molecule has 1 rings (SSSR count). The van der Waals surface area contributed by atoms with Gasteiger partial charge in [-0.15, -0.1) is 0 Å². The average Bonchev–Trinajstić information content (AvgIpc) is 2.36. The summed E-state index contributed by atoms with van der Waals surface area (Å²) < 4.78 is 86.7. The zero-order chi connectivity index (χ0) is 15.6. The highest BCUT2D eigenvalue weighted by Gasteiger charge is 2.41. The third kappa shape index (κ3) is 3.87. The molecule has 10 heteroatoms. The maximum atomic E-state index is 13.0. The lowest BCUT2D eigenvalue weighted by atomic mass is 10.2. The molecule has 1 aromatic rings. The Kier molecular flexibility index (Phi) is 5.05. The number of benzene rings is 1. The van der Waals surface area contributed by atoms with Crippen molar-refractivity contribution >= 4 is 10.0 Å². The molecule has 0 unspecified atom stereocenters. The van der Waals surface area contributed by atoms with Gasteiger partial charge in [0.1, 0.15) is 5.82 Å². The molecule has 0 aliphatic rings. The van der Waals surface area contributed by atoms with E-state index in [-0.39, 0.29) is 5.56 Å². The van der Waals surface area contributed by atoms with Crippen LogP contribution >= 0.6 is 0 Å². The standard InChI is InChI=1S/C10H10F5NO3S/c11-7-2-1-6(4-17)8(3-7)20(18,19)16-5-10(14,15)9(12)13/h1-3,9,16-17H,4-5H2. The van der Waals surface area contributed by atoms with E-state index in [1.54, 1.807) is 0 Å². The van der Waals surface area contributed by atoms with Gasteiger partial charge in [0, 0.05) is 0 Å². The summed E-state index contributed by atoms with van der Waals surface area (Å²) in [5.74, 6) is -5.54. The molecule has 0 amide bonds. The van der Waals surface area contributed by atoms with Crippen molar-refractivity contribution in [2.45, 2.75) is 23.9 Å². The maximum absolute atomic E-state index is 13.0. The Labute approximate surface area is 111 Å². The van der Waals surface area contributed by atoms with E-state index in [1.807, 2.05) is 0 Å². The molecule has 0 aliphatic carbocycles. The van der Waals surface area contributed by atoms with Crippen molar-refractivity contribution in [3.05, 3.63) is 29.6 Å². The van der Waals surface area contributed by atoms with E-state index in [0.717, 1.165) is 12.1 Å². The zero-order valence-electron chi connectivity index (χ0n) is 9.79. The highest BCUT2D eigenvalue weighted by atomic mass is 32.2. The summed E-state index contributed by atoms with van der Waals surface area (Å²) in [6.07, 6.45) is -4.05. The Bertz CT molecular complexity index is 576. The van der Waals surface area contributed by atoms with Crippen molar-refractivity contribution in [2.75, 3.05) is 6.54 Å². The fraction of sp³-hybridized carbons (Fsp3) is 0.400. The number of aliphatic hydroxyl groups excluding tert-OH is 1. The first kappa shape index (κ1) is 16.8. The highest BCUT2D eigenvalue weighted by molar-refractivity contribution is 7.89. The molecule has 2 N–H and O–H groups in total. The summed E-state index contributed by atoms with van der Waals surface area (Å²) >= 11 is 0. The molecule has 0 atom stereocenters. The van der Waals surface area contributed by atoms with Crippen LogP contribution in [0.5, 0.6) is 0 Å². The Morgan fingerprint density at radius 2 is 1.90 bits per heavy atom. The van der Waals surface area contributed by atoms with E-state index in [2.05, 4.69) is 0 Å². The van der Waals surface area contributed by atoms with Crippen LogP contribution in [0.25, 0.3) is 0 Å². The number of hydrogen-bond donors (Lipinski definition) is 2. The predicted octanol–water partition coefficient (Wildman–Crippen LogP) is 1.50. The van der Waals surface area contributed by atoms with Gasteiger partial charge in [-0.2, -0.15) is 8.78 Å². The molecule has 0 saturated carbocycles. The number of aliphatic hydroxyl groups is 1. The molecule has 0 bridgehead atoms. The van der Waals surface area contributed by atoms with Crippen LogP contribution in [0.2, 0.25) is 0 Å². The van der Waals surface area contributed by atoms with E-state index >= 15 is 0 Å². The van der Waals surface area contributed by atoms with Gasteiger partial charge < -0.3 is 5.11 Å². The van der Waals surface area contributed by atoms with Crippen LogP contribution in [0, 0.1) is 5.82 Å². The highest BCUT2D eigenvalue weighted by Crippen LogP contribution is 2.23. The van der Waals surface area contributed by atoms with Gasteiger partial charge in [-0.05, 0) is 17.7 Å². The van der Waals surface area contributed by atoms with Crippen molar-refractivity contribution in [2.24, 2.45) is 0 Å². The Balaban J connectivity index is 3.03. The molecule has 20 heavy (non-hydrogen) atoms. The average molecular weight is 319 g/mol. The molecule has 1 aromatic carbocycles. The molecule has 114 valence electrons. The van der Waals surface area contributed by atoms with Gasteiger partial charge in [-0.25, -0.2) is 26.3 Å². The van der Waals surface area contributed by atoms with Gasteiger partial charge in [0.25, 0.3) is 0 Å². The van der Waals surface area contributed by atoms with Gasteiger partial charge in [-0.1, -0.05) is 6.07 Å². The van der Waals surface area contributed by atoms with Crippen molar-refractivity contribution in [1.29, 1.82) is 0 Å². The minimum absolute atomic E-state index is 0.251. The van der Waals surface area contributed by atoms with Gasteiger partial charge in [0.05, 0.1) is 18.0 Å². The zero-order valence-corrected chi connectivity index (χ0v) is 10.6. The smallest absolute Gasteiger partial charge is 0.320 e. The van der Waals surface area contributed by atoms with E-state index < -0.39 is 46.2 Å². The summed E-state index contributed by atoms with van der Waals surface area (Å²) in [4.78, 5) is -0.787. The maximum Gasteiger partial charge on any atom is 0.320 e. The van der Waals surface area contributed by atoms with E-state index in [1.165, 1.54) is 4.72 Å².